The van der Waals surface area contributed by atoms with Gasteiger partial charge in [-0.15, -0.1) is 0 Å². The van der Waals surface area contributed by atoms with Crippen molar-refractivity contribution in [3.05, 3.63) is 30.3 Å². The maximum absolute atomic E-state index is 13.0. The number of hydrogen-bond acceptors (Lipinski definition) is 3. The Morgan fingerprint density at radius 3 is 2.46 bits per heavy atom. The van der Waals surface area contributed by atoms with Crippen molar-refractivity contribution in [3.8, 4) is 0 Å². The molecule has 132 valence electrons. The Balaban J connectivity index is 2.34. The van der Waals surface area contributed by atoms with Gasteiger partial charge in [-0.25, -0.2) is 4.79 Å². The van der Waals surface area contributed by atoms with Gasteiger partial charge < -0.3 is 15.2 Å². The summed E-state index contributed by atoms with van der Waals surface area (Å²) in [5, 5.41) is 12.4. The lowest BCUT2D eigenvalue weighted by Gasteiger charge is -2.50. The molecule has 0 spiro atoms. The van der Waals surface area contributed by atoms with Crippen LogP contribution in [0.2, 0.25) is 0 Å². The van der Waals surface area contributed by atoms with Crippen molar-refractivity contribution >= 4 is 17.7 Å². The van der Waals surface area contributed by atoms with Gasteiger partial charge in [-0.1, -0.05) is 45.9 Å². The number of carbonyl (C=O) groups excluding carboxylic acids is 1. The lowest BCUT2D eigenvalue weighted by Crippen LogP contribution is -2.67. The van der Waals surface area contributed by atoms with E-state index in [4.69, 9.17) is 4.74 Å². The van der Waals surface area contributed by atoms with Gasteiger partial charge in [0, 0.05) is 11.1 Å². The highest BCUT2D eigenvalue weighted by Crippen LogP contribution is 2.39. The third-order valence-corrected chi connectivity index (χ3v) is 4.68. The summed E-state index contributed by atoms with van der Waals surface area (Å²) in [6, 6.07) is 8.88. The minimum Gasteiger partial charge on any atom is -0.465 e. The van der Waals surface area contributed by atoms with Gasteiger partial charge >= 0.3 is 6.09 Å². The molecule has 2 rings (SSSR count). The third-order valence-electron chi connectivity index (χ3n) is 4.68. The van der Waals surface area contributed by atoms with Gasteiger partial charge in [0.05, 0.1) is 19.2 Å². The largest absolute Gasteiger partial charge is 0.465 e. The zero-order chi connectivity index (χ0) is 18.0. The average molecular weight is 334 g/mol. The molecular formula is C18H26N2O4. The molecule has 0 unspecified atom stereocenters. The van der Waals surface area contributed by atoms with Crippen LogP contribution in [0.3, 0.4) is 0 Å². The number of nitrogens with zero attached hydrogens (tertiary/aromatic N) is 1. The van der Waals surface area contributed by atoms with Crippen molar-refractivity contribution in [1.29, 1.82) is 0 Å². The first-order valence-electron chi connectivity index (χ1n) is 8.21. The van der Waals surface area contributed by atoms with Gasteiger partial charge in [0.15, 0.2) is 5.60 Å². The number of para-hydroxylation sites is 1. The molecule has 2 atom stereocenters. The summed E-state index contributed by atoms with van der Waals surface area (Å²) in [4.78, 5) is 26.0. The molecule has 2 N–H and O–H groups in total. The van der Waals surface area contributed by atoms with Crippen molar-refractivity contribution in [2.75, 3.05) is 18.5 Å². The second-order valence-electron chi connectivity index (χ2n) is 7.18. The normalized spacial score (nSPS) is 24.5. The molecule has 6 heteroatoms. The first kappa shape index (κ1) is 18.3. The molecule has 24 heavy (non-hydrogen) atoms. The van der Waals surface area contributed by atoms with E-state index in [9.17, 15) is 14.7 Å². The van der Waals surface area contributed by atoms with Crippen LogP contribution in [0.25, 0.3) is 0 Å². The van der Waals surface area contributed by atoms with Crippen molar-refractivity contribution in [2.45, 2.75) is 45.8 Å². The molecule has 1 aliphatic rings. The number of carbonyl (C=O) groups is 2. The van der Waals surface area contributed by atoms with E-state index in [1.807, 2.05) is 45.9 Å². The van der Waals surface area contributed by atoms with E-state index in [2.05, 4.69) is 5.32 Å². The minimum atomic E-state index is -1.24. The Bertz CT molecular complexity index is 597. The highest BCUT2D eigenvalue weighted by atomic mass is 16.5. The Morgan fingerprint density at radius 1 is 1.33 bits per heavy atom. The smallest absolute Gasteiger partial charge is 0.407 e. The first-order chi connectivity index (χ1) is 11.2. The van der Waals surface area contributed by atoms with E-state index in [0.29, 0.717) is 12.1 Å². The fourth-order valence-electron chi connectivity index (χ4n) is 2.99. The molecule has 6 nitrogen and oxygen atoms in total. The Hall–Kier alpha value is -2.08. The van der Waals surface area contributed by atoms with E-state index in [1.165, 1.54) is 4.90 Å². The van der Waals surface area contributed by atoms with Crippen molar-refractivity contribution < 1.29 is 19.4 Å². The number of hydrogen-bond donors (Lipinski definition) is 2. The predicted molar refractivity (Wildman–Crippen MR) is 92.0 cm³/mol. The van der Waals surface area contributed by atoms with Crippen LogP contribution in [0.1, 0.15) is 34.1 Å². The minimum absolute atomic E-state index is 0.0169. The van der Waals surface area contributed by atoms with Crippen LogP contribution in [0.15, 0.2) is 30.3 Å². The van der Waals surface area contributed by atoms with Crippen LogP contribution in [-0.2, 0) is 9.53 Å². The quantitative estimate of drug-likeness (QED) is 0.890. The number of carboxylic acid groups (broad SMARTS) is 1. The molecule has 1 fully saturated rings. The van der Waals surface area contributed by atoms with Crippen LogP contribution >= 0.6 is 0 Å². The molecule has 0 aromatic heterocycles. The molecule has 1 aromatic rings. The predicted octanol–water partition coefficient (Wildman–Crippen LogP) is 3.20. The zero-order valence-electron chi connectivity index (χ0n) is 14.7. The van der Waals surface area contributed by atoms with E-state index < -0.39 is 17.1 Å². The fraction of sp³-hybridized carbons (Fsp3) is 0.556. The second-order valence-corrected chi connectivity index (χ2v) is 7.18. The number of ether oxygens (including phenoxy) is 1. The number of benzene rings is 1. The molecule has 0 radical (unpaired) electrons. The summed E-state index contributed by atoms with van der Waals surface area (Å²) in [7, 11) is 0. The topological polar surface area (TPSA) is 78.9 Å². The third kappa shape index (κ3) is 3.38. The summed E-state index contributed by atoms with van der Waals surface area (Å²) in [5.74, 6) is -0.318. The van der Waals surface area contributed by atoms with Crippen molar-refractivity contribution in [1.82, 2.24) is 4.90 Å². The monoisotopic (exact) mass is 334 g/mol. The fourth-order valence-corrected chi connectivity index (χ4v) is 2.99. The van der Waals surface area contributed by atoms with Crippen LogP contribution in [0.5, 0.6) is 0 Å². The summed E-state index contributed by atoms with van der Waals surface area (Å²) < 4.78 is 6.03. The summed E-state index contributed by atoms with van der Waals surface area (Å²) >= 11 is 0. The Labute approximate surface area is 142 Å². The van der Waals surface area contributed by atoms with Gasteiger partial charge in [0.2, 0.25) is 0 Å². The van der Waals surface area contributed by atoms with Crippen LogP contribution in [0.4, 0.5) is 10.5 Å². The summed E-state index contributed by atoms with van der Waals surface area (Å²) in [5.41, 5.74) is -1.15. The molecule has 2 amide bonds. The van der Waals surface area contributed by atoms with E-state index in [0.717, 1.165) is 0 Å². The van der Waals surface area contributed by atoms with Gasteiger partial charge in [-0.2, -0.15) is 0 Å². The molecule has 0 saturated carbocycles. The van der Waals surface area contributed by atoms with E-state index in [1.54, 1.807) is 12.1 Å². The molecule has 1 saturated heterocycles. The lowest BCUT2D eigenvalue weighted by molar-refractivity contribution is -0.185. The number of nitrogens with one attached hydrogen (secondary N) is 1. The van der Waals surface area contributed by atoms with Gasteiger partial charge in [-0.3, -0.25) is 9.69 Å². The average Bonchev–Trinajstić information content (AvgIpc) is 2.53. The number of morpholine rings is 1. The van der Waals surface area contributed by atoms with E-state index in [-0.39, 0.29) is 25.1 Å². The number of anilines is 1. The van der Waals surface area contributed by atoms with Crippen LogP contribution in [-0.4, -0.2) is 46.8 Å². The summed E-state index contributed by atoms with van der Waals surface area (Å²) in [6.45, 7) is 7.82. The summed E-state index contributed by atoms with van der Waals surface area (Å²) in [6.07, 6.45) is -0.376. The molecule has 1 heterocycles. The second kappa shape index (κ2) is 6.81. The molecule has 1 aliphatic heterocycles. The number of amides is 2. The molecule has 0 bridgehead atoms. The van der Waals surface area contributed by atoms with Gasteiger partial charge in [0.1, 0.15) is 0 Å². The van der Waals surface area contributed by atoms with Crippen LogP contribution < -0.4 is 5.32 Å². The van der Waals surface area contributed by atoms with Gasteiger partial charge in [-0.05, 0) is 18.6 Å². The standard InChI is InChI=1S/C18H26N2O4/c1-5-14-11-24-18(17(2,3)4,12-20(14)16(22)23)15(21)19-13-9-7-6-8-10-13/h6-10,14H,5,11-12H2,1-4H3,(H,19,21)(H,22,23)/t14-,18+/m1/s1. The highest BCUT2D eigenvalue weighted by Gasteiger charge is 2.55. The van der Waals surface area contributed by atoms with E-state index >= 15 is 0 Å². The van der Waals surface area contributed by atoms with Crippen LogP contribution in [0, 0.1) is 5.41 Å². The maximum atomic E-state index is 13.0. The van der Waals surface area contributed by atoms with Crippen molar-refractivity contribution in [2.24, 2.45) is 5.41 Å². The van der Waals surface area contributed by atoms with Crippen molar-refractivity contribution in [3.63, 3.8) is 0 Å². The number of rotatable bonds is 3. The molecule has 0 aliphatic carbocycles. The first-order valence-corrected chi connectivity index (χ1v) is 8.21. The lowest BCUT2D eigenvalue weighted by atomic mass is 9.74. The molecular weight excluding hydrogens is 308 g/mol. The molecule has 1 aromatic carbocycles. The SMILES string of the molecule is CC[C@@H]1CO[C@@](C(=O)Nc2ccccc2)(C(C)(C)C)CN1C(=O)O. The maximum Gasteiger partial charge on any atom is 0.407 e. The van der Waals surface area contributed by atoms with Gasteiger partial charge in [0.25, 0.3) is 5.91 Å². The Morgan fingerprint density at radius 2 is 1.96 bits per heavy atom. The Kier molecular flexibility index (Phi) is 5.18. The zero-order valence-corrected chi connectivity index (χ0v) is 14.7. The highest BCUT2D eigenvalue weighted by molar-refractivity contribution is 5.98.